The van der Waals surface area contributed by atoms with Crippen LogP contribution in [0.5, 0.6) is 5.75 Å². The van der Waals surface area contributed by atoms with E-state index in [0.29, 0.717) is 54.7 Å². The number of methoxy groups -OCH3 is 1. The van der Waals surface area contributed by atoms with E-state index < -0.39 is 17.6 Å². The summed E-state index contributed by atoms with van der Waals surface area (Å²) in [4.78, 5) is 47.5. The molecule has 0 N–H and O–H groups in total. The standard InChI is InChI=1S/C29H37N3O6S/c1-7-37-26(34)20-12-14-31(15-13-20)23(33)16-21-17-39-28-30-18(2)24(27(35)38-29(3,4)5)25(32(21)28)19-8-10-22(36-6)11-9-19/h8-11,17,20,25H,7,12-16H2,1-6H3/t25-/m1/s1. The van der Waals surface area contributed by atoms with Crippen molar-refractivity contribution in [2.75, 3.05) is 26.8 Å². The van der Waals surface area contributed by atoms with Gasteiger partial charge in [-0.1, -0.05) is 23.9 Å². The van der Waals surface area contributed by atoms with E-state index in [1.807, 2.05) is 62.3 Å². The number of likely N-dealkylation sites (tertiary alicyclic amines) is 1. The lowest BCUT2D eigenvalue weighted by atomic mass is 9.93. The van der Waals surface area contributed by atoms with Crippen LogP contribution in [0.15, 0.2) is 51.6 Å². The summed E-state index contributed by atoms with van der Waals surface area (Å²) in [6.07, 6.45) is 1.34. The minimum absolute atomic E-state index is 0.0241. The molecule has 3 aliphatic heterocycles. The summed E-state index contributed by atoms with van der Waals surface area (Å²) >= 11 is 1.44. The van der Waals surface area contributed by atoms with Gasteiger partial charge in [0.2, 0.25) is 5.91 Å². The van der Waals surface area contributed by atoms with Crippen molar-refractivity contribution in [3.63, 3.8) is 0 Å². The van der Waals surface area contributed by atoms with Gasteiger partial charge in [-0.05, 0) is 70.6 Å². The first-order valence-electron chi connectivity index (χ1n) is 13.3. The molecule has 39 heavy (non-hydrogen) atoms. The van der Waals surface area contributed by atoms with Crippen molar-refractivity contribution in [3.8, 4) is 5.75 Å². The van der Waals surface area contributed by atoms with E-state index in [0.717, 1.165) is 11.3 Å². The fraction of sp³-hybridized carbons (Fsp3) is 0.517. The predicted molar refractivity (Wildman–Crippen MR) is 150 cm³/mol. The molecule has 210 valence electrons. The van der Waals surface area contributed by atoms with Gasteiger partial charge in [-0.25, -0.2) is 9.79 Å². The van der Waals surface area contributed by atoms with Gasteiger partial charge >= 0.3 is 11.9 Å². The molecule has 9 nitrogen and oxygen atoms in total. The molecule has 3 aliphatic rings. The van der Waals surface area contributed by atoms with Crippen LogP contribution in [0.3, 0.4) is 0 Å². The number of amides is 1. The lowest BCUT2D eigenvalue weighted by Gasteiger charge is -2.38. The number of fused-ring (bicyclic) bond motifs is 1. The molecule has 10 heteroatoms. The number of esters is 2. The minimum atomic E-state index is -0.678. The smallest absolute Gasteiger partial charge is 0.338 e. The van der Waals surface area contributed by atoms with Gasteiger partial charge in [-0.3, -0.25) is 9.59 Å². The second-order valence-corrected chi connectivity index (χ2v) is 11.6. The van der Waals surface area contributed by atoms with Crippen molar-refractivity contribution < 1.29 is 28.6 Å². The third kappa shape index (κ3) is 6.49. The highest BCUT2D eigenvalue weighted by Crippen LogP contribution is 2.45. The minimum Gasteiger partial charge on any atom is -0.497 e. The molecule has 1 saturated heterocycles. The quantitative estimate of drug-likeness (QED) is 0.443. The maximum atomic E-state index is 13.5. The Morgan fingerprint density at radius 2 is 1.77 bits per heavy atom. The summed E-state index contributed by atoms with van der Waals surface area (Å²) in [5.74, 6) is -0.111. The summed E-state index contributed by atoms with van der Waals surface area (Å²) in [6, 6.07) is 7.05. The molecule has 0 spiro atoms. The second kappa shape index (κ2) is 11.9. The van der Waals surface area contributed by atoms with E-state index in [4.69, 9.17) is 19.2 Å². The lowest BCUT2D eigenvalue weighted by molar-refractivity contribution is -0.151. The first kappa shape index (κ1) is 28.7. The van der Waals surface area contributed by atoms with Gasteiger partial charge < -0.3 is 24.0 Å². The van der Waals surface area contributed by atoms with Crippen LogP contribution in [-0.4, -0.2) is 65.2 Å². The van der Waals surface area contributed by atoms with Crippen molar-refractivity contribution in [2.24, 2.45) is 10.9 Å². The number of piperidine rings is 1. The van der Waals surface area contributed by atoms with Crippen LogP contribution in [0.2, 0.25) is 0 Å². The number of nitrogens with zero attached hydrogens (tertiary/aromatic N) is 3. The first-order valence-corrected chi connectivity index (χ1v) is 14.2. The molecule has 1 fully saturated rings. The number of allylic oxidation sites excluding steroid dienone is 1. The molecule has 1 atom stereocenters. The molecule has 0 saturated carbocycles. The van der Waals surface area contributed by atoms with Gasteiger partial charge in [-0.2, -0.15) is 0 Å². The Morgan fingerprint density at radius 1 is 1.10 bits per heavy atom. The summed E-state index contributed by atoms with van der Waals surface area (Å²) in [5, 5.41) is 2.65. The molecule has 1 amide bonds. The largest absolute Gasteiger partial charge is 0.497 e. The molecular weight excluding hydrogens is 518 g/mol. The fourth-order valence-electron chi connectivity index (χ4n) is 4.96. The number of carbonyl (C=O) groups is 3. The Morgan fingerprint density at radius 3 is 2.36 bits per heavy atom. The number of hydrogen-bond donors (Lipinski definition) is 0. The molecule has 0 aromatic heterocycles. The molecule has 4 rings (SSSR count). The van der Waals surface area contributed by atoms with Crippen molar-refractivity contribution >= 4 is 34.8 Å². The van der Waals surface area contributed by atoms with Crippen LogP contribution in [0, 0.1) is 5.92 Å². The van der Waals surface area contributed by atoms with Crippen LogP contribution in [-0.2, 0) is 23.9 Å². The van der Waals surface area contributed by atoms with Crippen molar-refractivity contribution in [3.05, 3.63) is 52.2 Å². The number of rotatable bonds is 7. The van der Waals surface area contributed by atoms with Gasteiger partial charge in [0.15, 0.2) is 5.17 Å². The number of ether oxygens (including phenoxy) is 3. The van der Waals surface area contributed by atoms with Crippen molar-refractivity contribution in [1.82, 2.24) is 9.80 Å². The fourth-order valence-corrected chi connectivity index (χ4v) is 5.92. The van der Waals surface area contributed by atoms with E-state index in [1.165, 1.54) is 11.8 Å². The average Bonchev–Trinajstić information content (AvgIpc) is 3.28. The predicted octanol–water partition coefficient (Wildman–Crippen LogP) is 4.80. The molecule has 1 aromatic carbocycles. The molecule has 1 aromatic rings. The monoisotopic (exact) mass is 555 g/mol. The lowest BCUT2D eigenvalue weighted by Crippen LogP contribution is -2.42. The highest BCUT2D eigenvalue weighted by atomic mass is 32.2. The van der Waals surface area contributed by atoms with E-state index in [9.17, 15) is 14.4 Å². The summed E-state index contributed by atoms with van der Waals surface area (Å²) in [5.41, 5.74) is 1.98. The number of amidine groups is 1. The van der Waals surface area contributed by atoms with Gasteiger partial charge in [0.05, 0.1) is 43.4 Å². The summed E-state index contributed by atoms with van der Waals surface area (Å²) in [7, 11) is 1.61. The highest BCUT2D eigenvalue weighted by molar-refractivity contribution is 8.16. The number of thioether (sulfide) groups is 1. The van der Waals surface area contributed by atoms with Crippen LogP contribution in [0.4, 0.5) is 0 Å². The average molecular weight is 556 g/mol. The SMILES string of the molecule is CCOC(=O)C1CCN(C(=O)CC2=CSC3=NC(C)=C(C(=O)OC(C)(C)C)[C@@H](c4ccc(OC)cc4)N23)CC1. The molecule has 0 radical (unpaired) electrons. The van der Waals surface area contributed by atoms with Crippen molar-refractivity contribution in [1.29, 1.82) is 0 Å². The Balaban J connectivity index is 1.58. The maximum absolute atomic E-state index is 13.5. The van der Waals surface area contributed by atoms with Gasteiger partial charge in [-0.15, -0.1) is 0 Å². The Bertz CT molecular complexity index is 1210. The number of benzene rings is 1. The van der Waals surface area contributed by atoms with Crippen LogP contribution in [0.25, 0.3) is 0 Å². The third-order valence-corrected chi connectivity index (χ3v) is 7.74. The van der Waals surface area contributed by atoms with Crippen molar-refractivity contribution in [2.45, 2.75) is 65.5 Å². The molecular formula is C29H37N3O6S. The Labute approximate surface area is 234 Å². The van der Waals surface area contributed by atoms with E-state index in [1.54, 1.807) is 18.9 Å². The third-order valence-electron chi connectivity index (χ3n) is 6.85. The van der Waals surface area contributed by atoms with Gasteiger partial charge in [0.25, 0.3) is 0 Å². The Kier molecular flexibility index (Phi) is 8.73. The normalized spacial score (nSPS) is 19.8. The summed E-state index contributed by atoms with van der Waals surface area (Å²) < 4.78 is 16.3. The second-order valence-electron chi connectivity index (χ2n) is 10.8. The van der Waals surface area contributed by atoms with Crippen LogP contribution >= 0.6 is 11.8 Å². The molecule has 0 aliphatic carbocycles. The van der Waals surface area contributed by atoms with Gasteiger partial charge in [0, 0.05) is 18.8 Å². The number of carbonyl (C=O) groups excluding carboxylic acids is 3. The van der Waals surface area contributed by atoms with E-state index in [-0.39, 0.29) is 24.2 Å². The maximum Gasteiger partial charge on any atom is 0.338 e. The zero-order valence-electron chi connectivity index (χ0n) is 23.5. The highest BCUT2D eigenvalue weighted by Gasteiger charge is 2.42. The van der Waals surface area contributed by atoms with E-state index in [2.05, 4.69) is 0 Å². The number of hydrogen-bond acceptors (Lipinski definition) is 9. The summed E-state index contributed by atoms with van der Waals surface area (Å²) in [6.45, 7) is 10.5. The Hall–Kier alpha value is -3.27. The zero-order valence-corrected chi connectivity index (χ0v) is 24.3. The molecule has 3 heterocycles. The first-order chi connectivity index (χ1) is 18.5. The zero-order chi connectivity index (χ0) is 28.3. The molecule has 0 bridgehead atoms. The number of aliphatic imine (C=N–C) groups is 1. The van der Waals surface area contributed by atoms with Gasteiger partial charge in [0.1, 0.15) is 11.4 Å². The van der Waals surface area contributed by atoms with Crippen LogP contribution in [0.1, 0.15) is 65.5 Å². The topological polar surface area (TPSA) is 97.7 Å². The van der Waals surface area contributed by atoms with Crippen LogP contribution < -0.4 is 4.74 Å². The molecule has 0 unspecified atom stereocenters. The van der Waals surface area contributed by atoms with E-state index >= 15 is 0 Å².